The summed E-state index contributed by atoms with van der Waals surface area (Å²) in [6.07, 6.45) is 5.78. The molecule has 1 saturated carbocycles. The molecule has 0 saturated heterocycles. The van der Waals surface area contributed by atoms with Gasteiger partial charge in [-0.1, -0.05) is 37.5 Å². The summed E-state index contributed by atoms with van der Waals surface area (Å²) in [6.45, 7) is 4.19. The van der Waals surface area contributed by atoms with E-state index >= 15 is 0 Å². The molecule has 1 aliphatic carbocycles. The number of ether oxygens (including phenoxy) is 2. The van der Waals surface area contributed by atoms with Gasteiger partial charge in [-0.05, 0) is 62.1 Å². The summed E-state index contributed by atoms with van der Waals surface area (Å²) < 4.78 is 10.6. The highest BCUT2D eigenvalue weighted by Gasteiger charge is 2.36. The minimum Gasteiger partial charge on any atom is -0.495 e. The van der Waals surface area contributed by atoms with Crippen LogP contribution in [-0.4, -0.2) is 25.7 Å². The van der Waals surface area contributed by atoms with Crippen LogP contribution in [0.5, 0.6) is 5.75 Å². The fraction of sp³-hybridized carbons (Fsp3) is 0.440. The molecule has 3 rings (SSSR count). The molecule has 0 heterocycles. The van der Waals surface area contributed by atoms with Gasteiger partial charge >= 0.3 is 12.0 Å². The number of hydrogen-bond acceptors (Lipinski definition) is 4. The highest BCUT2D eigenvalue weighted by molar-refractivity contribution is 6.00. The smallest absolute Gasteiger partial charge is 0.323 e. The molecule has 2 aromatic rings. The van der Waals surface area contributed by atoms with Gasteiger partial charge in [-0.25, -0.2) is 4.79 Å². The van der Waals surface area contributed by atoms with E-state index in [1.165, 1.54) is 6.42 Å². The van der Waals surface area contributed by atoms with Gasteiger partial charge in [0.05, 0.1) is 25.8 Å². The maximum Gasteiger partial charge on any atom is 0.323 e. The number of nitrogens with one attached hydrogen (secondary N) is 2. The van der Waals surface area contributed by atoms with Crippen molar-refractivity contribution in [2.75, 3.05) is 24.4 Å². The first-order valence-corrected chi connectivity index (χ1v) is 10.9. The molecule has 0 unspecified atom stereocenters. The van der Waals surface area contributed by atoms with Crippen molar-refractivity contribution in [2.24, 2.45) is 0 Å². The van der Waals surface area contributed by atoms with Crippen molar-refractivity contribution in [2.45, 2.75) is 57.8 Å². The van der Waals surface area contributed by atoms with Gasteiger partial charge in [0.15, 0.2) is 0 Å². The number of carbonyl (C=O) groups excluding carboxylic acids is 2. The van der Waals surface area contributed by atoms with Crippen molar-refractivity contribution >= 4 is 23.4 Å². The summed E-state index contributed by atoms with van der Waals surface area (Å²) in [6, 6.07) is 13.1. The number of esters is 1. The minimum atomic E-state index is -0.337. The molecule has 0 aliphatic heterocycles. The zero-order valence-electron chi connectivity index (χ0n) is 18.6. The first-order chi connectivity index (χ1) is 15.0. The number of aryl methyl sites for hydroxylation is 1. The normalized spacial score (nSPS) is 15.1. The van der Waals surface area contributed by atoms with Crippen molar-refractivity contribution in [1.82, 2.24) is 0 Å². The third-order valence-corrected chi connectivity index (χ3v) is 5.96. The lowest BCUT2D eigenvalue weighted by Crippen LogP contribution is -2.32. The lowest BCUT2D eigenvalue weighted by molar-refractivity contribution is -0.145. The van der Waals surface area contributed by atoms with E-state index in [1.54, 1.807) is 7.11 Å². The number of anilines is 2. The third kappa shape index (κ3) is 5.78. The Bertz CT molecular complexity index is 902. The van der Waals surface area contributed by atoms with Crippen molar-refractivity contribution in [3.63, 3.8) is 0 Å². The molecular formula is C25H32N2O4. The van der Waals surface area contributed by atoms with Crippen LogP contribution in [0.1, 0.15) is 56.6 Å². The van der Waals surface area contributed by atoms with E-state index in [0.29, 0.717) is 30.2 Å². The first kappa shape index (κ1) is 22.7. The topological polar surface area (TPSA) is 76.7 Å². The van der Waals surface area contributed by atoms with Gasteiger partial charge in [0.2, 0.25) is 0 Å². The van der Waals surface area contributed by atoms with Crippen LogP contribution in [0.4, 0.5) is 16.2 Å². The number of methoxy groups -OCH3 is 1. The molecule has 0 spiro atoms. The van der Waals surface area contributed by atoms with E-state index in [9.17, 15) is 9.59 Å². The van der Waals surface area contributed by atoms with Crippen LogP contribution in [0.3, 0.4) is 0 Å². The lowest BCUT2D eigenvalue weighted by atomic mass is 9.67. The molecule has 166 valence electrons. The van der Waals surface area contributed by atoms with Crippen LogP contribution in [0, 0.1) is 6.92 Å². The third-order valence-electron chi connectivity index (χ3n) is 5.96. The molecule has 0 aromatic heterocycles. The maximum absolute atomic E-state index is 12.5. The van der Waals surface area contributed by atoms with Crippen molar-refractivity contribution in [1.29, 1.82) is 0 Å². The van der Waals surface area contributed by atoms with Crippen LogP contribution in [-0.2, 0) is 14.9 Å². The van der Waals surface area contributed by atoms with Crippen LogP contribution in [0.25, 0.3) is 0 Å². The van der Waals surface area contributed by atoms with E-state index in [0.717, 1.165) is 36.8 Å². The summed E-state index contributed by atoms with van der Waals surface area (Å²) >= 11 is 0. The van der Waals surface area contributed by atoms with E-state index in [-0.39, 0.29) is 17.4 Å². The Labute approximate surface area is 184 Å². The summed E-state index contributed by atoms with van der Waals surface area (Å²) in [5.41, 5.74) is 3.29. The molecule has 0 bridgehead atoms. The molecular weight excluding hydrogens is 392 g/mol. The fourth-order valence-corrected chi connectivity index (χ4v) is 4.40. The van der Waals surface area contributed by atoms with Crippen molar-refractivity contribution < 1.29 is 19.1 Å². The second kappa shape index (κ2) is 10.3. The summed E-state index contributed by atoms with van der Waals surface area (Å²) in [7, 11) is 1.57. The summed E-state index contributed by atoms with van der Waals surface area (Å²) in [5.74, 6) is 0.465. The van der Waals surface area contributed by atoms with Gasteiger partial charge in [0.25, 0.3) is 0 Å². The Hall–Kier alpha value is -3.02. The number of rotatable bonds is 7. The van der Waals surface area contributed by atoms with E-state index in [4.69, 9.17) is 9.47 Å². The maximum atomic E-state index is 12.5. The van der Waals surface area contributed by atoms with Gasteiger partial charge in [0.1, 0.15) is 5.75 Å². The number of carbonyl (C=O) groups is 2. The Kier molecular flexibility index (Phi) is 7.55. The fourth-order valence-electron chi connectivity index (χ4n) is 4.40. The molecule has 6 nitrogen and oxygen atoms in total. The van der Waals surface area contributed by atoms with Gasteiger partial charge < -0.3 is 20.1 Å². The number of hydrogen-bond donors (Lipinski definition) is 2. The molecule has 0 radical (unpaired) electrons. The predicted molar refractivity (Wildman–Crippen MR) is 123 cm³/mol. The number of benzene rings is 2. The van der Waals surface area contributed by atoms with Crippen molar-refractivity contribution in [3.8, 4) is 5.75 Å². The molecule has 1 aliphatic rings. The van der Waals surface area contributed by atoms with Gasteiger partial charge in [-0.3, -0.25) is 4.79 Å². The molecule has 6 heteroatoms. The molecule has 0 atom stereocenters. The number of amides is 2. The zero-order chi connectivity index (χ0) is 22.3. The quantitative estimate of drug-likeness (QED) is 0.551. The molecule has 1 fully saturated rings. The monoisotopic (exact) mass is 424 g/mol. The standard InChI is InChI=1S/C25H32N2O4/c1-4-31-23(28)17-25(14-6-5-7-15-25)19-9-11-20(12-10-19)26-24(29)27-21-16-18(2)8-13-22(21)30-3/h8-13,16H,4-7,14-15,17H2,1-3H3,(H2,26,27,29). The predicted octanol–water partition coefficient (Wildman–Crippen LogP) is 5.80. The Morgan fingerprint density at radius 3 is 2.35 bits per heavy atom. The van der Waals surface area contributed by atoms with E-state index in [2.05, 4.69) is 10.6 Å². The minimum absolute atomic E-state index is 0.141. The number of urea groups is 1. The highest BCUT2D eigenvalue weighted by Crippen LogP contribution is 2.42. The van der Waals surface area contributed by atoms with Crippen LogP contribution in [0.2, 0.25) is 0 Å². The molecule has 2 N–H and O–H groups in total. The molecule has 31 heavy (non-hydrogen) atoms. The SMILES string of the molecule is CCOC(=O)CC1(c2ccc(NC(=O)Nc3cc(C)ccc3OC)cc2)CCCCC1. The zero-order valence-corrected chi connectivity index (χ0v) is 18.6. The average molecular weight is 425 g/mol. The highest BCUT2D eigenvalue weighted by atomic mass is 16.5. The summed E-state index contributed by atoms with van der Waals surface area (Å²) in [4.78, 5) is 24.7. The molecule has 2 aromatic carbocycles. The second-order valence-electron chi connectivity index (χ2n) is 8.18. The van der Waals surface area contributed by atoms with E-state index < -0.39 is 0 Å². The Morgan fingerprint density at radius 1 is 1.00 bits per heavy atom. The second-order valence-corrected chi connectivity index (χ2v) is 8.18. The Balaban J connectivity index is 1.70. The average Bonchev–Trinajstić information content (AvgIpc) is 2.75. The van der Waals surface area contributed by atoms with Crippen LogP contribution >= 0.6 is 0 Å². The van der Waals surface area contributed by atoms with Gasteiger partial charge in [-0.15, -0.1) is 0 Å². The van der Waals surface area contributed by atoms with Crippen molar-refractivity contribution in [3.05, 3.63) is 53.6 Å². The van der Waals surface area contributed by atoms with Gasteiger partial charge in [0, 0.05) is 11.1 Å². The van der Waals surface area contributed by atoms with Crippen LogP contribution < -0.4 is 15.4 Å². The molecule has 2 amide bonds. The van der Waals surface area contributed by atoms with Gasteiger partial charge in [-0.2, -0.15) is 0 Å². The first-order valence-electron chi connectivity index (χ1n) is 10.9. The van der Waals surface area contributed by atoms with Crippen LogP contribution in [0.15, 0.2) is 42.5 Å². The lowest BCUT2D eigenvalue weighted by Gasteiger charge is -2.37. The summed E-state index contributed by atoms with van der Waals surface area (Å²) in [5, 5.41) is 5.71. The van der Waals surface area contributed by atoms with E-state index in [1.807, 2.05) is 56.3 Å². The Morgan fingerprint density at radius 2 is 1.71 bits per heavy atom. The largest absolute Gasteiger partial charge is 0.495 e.